The smallest absolute Gasteiger partial charge is 0.206 e. The van der Waals surface area contributed by atoms with Gasteiger partial charge in [0.2, 0.25) is 7.29 Å². The fourth-order valence-electron chi connectivity index (χ4n) is 2.57. The molecule has 0 aliphatic heterocycles. The predicted octanol–water partition coefficient (Wildman–Crippen LogP) is 4.01. The van der Waals surface area contributed by atoms with Gasteiger partial charge in [-0.1, -0.05) is 42.5 Å². The first-order valence-corrected chi connectivity index (χ1v) is 10.1. The number of rotatable bonds is 5. The van der Waals surface area contributed by atoms with E-state index in [1.165, 1.54) is 11.3 Å². The van der Waals surface area contributed by atoms with E-state index in [2.05, 4.69) is 11.2 Å². The van der Waals surface area contributed by atoms with Crippen molar-refractivity contribution in [1.82, 2.24) is 5.09 Å². The lowest BCUT2D eigenvalue weighted by Gasteiger charge is -2.29. The Kier molecular flexibility index (Phi) is 4.69. The molecule has 0 aliphatic rings. The fraction of sp³-hybridized carbons (Fsp3) is 0.105. The van der Waals surface area contributed by atoms with Gasteiger partial charge in [0.25, 0.3) is 0 Å². The Hall–Kier alpha value is -2.18. The summed E-state index contributed by atoms with van der Waals surface area (Å²) in [5, 5.41) is 16.3. The monoisotopic (exact) mass is 352 g/mol. The fourth-order valence-corrected chi connectivity index (χ4v) is 5.98. The maximum Gasteiger partial charge on any atom is 0.206 e. The number of hydrogen-bond donors (Lipinski definition) is 1. The number of nitrogens with one attached hydrogen (secondary N) is 1. The average molecular weight is 352 g/mol. The average Bonchev–Trinajstić information content (AvgIpc) is 3.18. The molecule has 5 heteroatoms. The van der Waals surface area contributed by atoms with Gasteiger partial charge in [0.05, 0.1) is 6.07 Å². The summed E-state index contributed by atoms with van der Waals surface area (Å²) in [6.07, 6.45) is 0. The van der Waals surface area contributed by atoms with E-state index in [1.54, 1.807) is 6.92 Å². The van der Waals surface area contributed by atoms with Crippen LogP contribution in [-0.4, -0.2) is 0 Å². The Bertz CT molecular complexity index is 845. The van der Waals surface area contributed by atoms with Crippen molar-refractivity contribution in [3.05, 3.63) is 83.1 Å². The number of benzene rings is 2. The molecule has 1 atom stereocenters. The van der Waals surface area contributed by atoms with Crippen LogP contribution >= 0.6 is 18.6 Å². The minimum atomic E-state index is -3.17. The second-order valence-corrected chi connectivity index (χ2v) is 9.03. The lowest BCUT2D eigenvalue weighted by atomic mass is 10.1. The first-order valence-electron chi connectivity index (χ1n) is 7.54. The van der Waals surface area contributed by atoms with Gasteiger partial charge >= 0.3 is 0 Å². The zero-order valence-corrected chi connectivity index (χ0v) is 14.9. The van der Waals surface area contributed by atoms with E-state index in [0.717, 1.165) is 4.88 Å². The molecule has 3 nitrogen and oxygen atoms in total. The second kappa shape index (κ2) is 6.75. The Labute approximate surface area is 146 Å². The van der Waals surface area contributed by atoms with Gasteiger partial charge in [-0.2, -0.15) is 5.26 Å². The highest BCUT2D eigenvalue weighted by Gasteiger charge is 2.38. The topological polar surface area (TPSA) is 52.9 Å². The molecule has 0 saturated heterocycles. The Balaban J connectivity index is 2.14. The van der Waals surface area contributed by atoms with Crippen LogP contribution in [0.15, 0.2) is 78.2 Å². The van der Waals surface area contributed by atoms with E-state index in [1.807, 2.05) is 78.2 Å². The molecule has 0 bridgehead atoms. The molecule has 0 aliphatic carbocycles. The summed E-state index contributed by atoms with van der Waals surface area (Å²) in [6, 6.07) is 24.7. The third-order valence-corrected chi connectivity index (χ3v) is 7.76. The summed E-state index contributed by atoms with van der Waals surface area (Å²) in [4.78, 5) is 0.845. The lowest BCUT2D eigenvalue weighted by molar-refractivity contribution is 0.537. The van der Waals surface area contributed by atoms with E-state index in [4.69, 9.17) is 0 Å². The summed E-state index contributed by atoms with van der Waals surface area (Å²) >= 11 is 1.48. The highest BCUT2D eigenvalue weighted by molar-refractivity contribution is 7.77. The van der Waals surface area contributed by atoms with Gasteiger partial charge in [-0.05, 0) is 42.6 Å². The molecule has 0 unspecified atom stereocenters. The molecule has 24 heavy (non-hydrogen) atoms. The van der Waals surface area contributed by atoms with Gasteiger partial charge in [-0.3, -0.25) is 4.57 Å². The molecular weight excluding hydrogens is 335 g/mol. The van der Waals surface area contributed by atoms with E-state index < -0.39 is 12.8 Å². The molecule has 120 valence electrons. The van der Waals surface area contributed by atoms with Gasteiger partial charge in [-0.25, -0.2) is 5.09 Å². The van der Waals surface area contributed by atoms with Crippen LogP contribution in [0.1, 0.15) is 11.8 Å². The molecule has 1 heterocycles. The molecule has 0 spiro atoms. The minimum absolute atomic E-state index is 0.689. The maximum atomic E-state index is 14.0. The number of hydrogen-bond acceptors (Lipinski definition) is 3. The van der Waals surface area contributed by atoms with Crippen molar-refractivity contribution in [1.29, 1.82) is 5.26 Å². The molecule has 1 N–H and O–H groups in total. The summed E-state index contributed by atoms with van der Waals surface area (Å²) < 4.78 is 14.0. The van der Waals surface area contributed by atoms with Crippen molar-refractivity contribution in [3.8, 4) is 6.07 Å². The summed E-state index contributed by atoms with van der Waals surface area (Å²) in [5.41, 5.74) is -1.03. The lowest BCUT2D eigenvalue weighted by Crippen LogP contribution is -2.40. The van der Waals surface area contributed by atoms with E-state index in [-0.39, 0.29) is 0 Å². The van der Waals surface area contributed by atoms with Crippen LogP contribution in [0, 0.1) is 11.3 Å². The van der Waals surface area contributed by atoms with Crippen LogP contribution in [0.4, 0.5) is 0 Å². The standard InChI is InChI=1S/C19H17N2OPS/c1-19(15-20,18-13-8-14-24-18)21-23(22,16-9-4-2-5-10-16)17-11-6-3-7-12-17/h2-14H,1H3,(H,21,22)/t19-/m1/s1. The van der Waals surface area contributed by atoms with Gasteiger partial charge in [-0.15, -0.1) is 11.3 Å². The van der Waals surface area contributed by atoms with Crippen molar-refractivity contribution in [3.63, 3.8) is 0 Å². The summed E-state index contributed by atoms with van der Waals surface area (Å²) in [7, 11) is -3.17. The Morgan fingerprint density at radius 2 is 1.50 bits per heavy atom. The minimum Gasteiger partial charge on any atom is -0.296 e. The first kappa shape index (κ1) is 16.7. The molecular formula is C19H17N2OPS. The predicted molar refractivity (Wildman–Crippen MR) is 100 cm³/mol. The molecule has 0 radical (unpaired) electrons. The van der Waals surface area contributed by atoms with Crippen LogP contribution in [0.25, 0.3) is 0 Å². The van der Waals surface area contributed by atoms with Gasteiger partial charge in [0, 0.05) is 15.5 Å². The largest absolute Gasteiger partial charge is 0.296 e. The SMILES string of the molecule is C[C@](C#N)(NP(=O)(c1ccccc1)c1ccccc1)c1cccs1. The van der Waals surface area contributed by atoms with Crippen molar-refractivity contribution < 1.29 is 4.57 Å². The molecule has 0 saturated carbocycles. The van der Waals surface area contributed by atoms with Crippen LogP contribution in [0.3, 0.4) is 0 Å². The molecule has 3 aromatic rings. The highest BCUT2D eigenvalue weighted by Crippen LogP contribution is 2.44. The van der Waals surface area contributed by atoms with Gasteiger partial charge in [0.1, 0.15) is 5.54 Å². The van der Waals surface area contributed by atoms with Crippen LogP contribution in [0.2, 0.25) is 0 Å². The maximum absolute atomic E-state index is 14.0. The normalized spacial score (nSPS) is 13.8. The van der Waals surface area contributed by atoms with Crippen molar-refractivity contribution in [2.75, 3.05) is 0 Å². The number of nitrogens with zero attached hydrogens (tertiary/aromatic N) is 1. The zero-order chi connectivity index (χ0) is 17.0. The zero-order valence-electron chi connectivity index (χ0n) is 13.2. The van der Waals surface area contributed by atoms with E-state index in [0.29, 0.717) is 10.6 Å². The molecule has 2 aromatic carbocycles. The van der Waals surface area contributed by atoms with Crippen molar-refractivity contribution in [2.45, 2.75) is 12.5 Å². The quantitative estimate of drug-likeness (QED) is 0.706. The van der Waals surface area contributed by atoms with Gasteiger partial charge < -0.3 is 0 Å². The number of nitriles is 1. The third-order valence-electron chi connectivity index (χ3n) is 3.86. The van der Waals surface area contributed by atoms with Crippen LogP contribution in [-0.2, 0) is 10.1 Å². The number of thiophene rings is 1. The van der Waals surface area contributed by atoms with Crippen LogP contribution < -0.4 is 15.7 Å². The Morgan fingerprint density at radius 1 is 0.958 bits per heavy atom. The van der Waals surface area contributed by atoms with E-state index in [9.17, 15) is 9.83 Å². The first-order chi connectivity index (χ1) is 11.6. The highest BCUT2D eigenvalue weighted by atomic mass is 32.1. The van der Waals surface area contributed by atoms with Crippen molar-refractivity contribution >= 4 is 29.2 Å². The molecule has 0 amide bonds. The second-order valence-electron chi connectivity index (χ2n) is 5.61. The third kappa shape index (κ3) is 3.07. The molecule has 1 aromatic heterocycles. The van der Waals surface area contributed by atoms with E-state index >= 15 is 0 Å². The van der Waals surface area contributed by atoms with Crippen molar-refractivity contribution in [2.24, 2.45) is 0 Å². The molecule has 0 fully saturated rings. The summed E-state index contributed by atoms with van der Waals surface area (Å²) in [5.74, 6) is 0. The summed E-state index contributed by atoms with van der Waals surface area (Å²) in [6.45, 7) is 1.78. The Morgan fingerprint density at radius 3 is 1.92 bits per heavy atom. The van der Waals surface area contributed by atoms with Gasteiger partial charge in [0.15, 0.2) is 0 Å². The van der Waals surface area contributed by atoms with Crippen LogP contribution in [0.5, 0.6) is 0 Å². The molecule has 3 rings (SSSR count).